The van der Waals surface area contributed by atoms with E-state index in [1.807, 2.05) is 13.0 Å². The number of halogens is 1. The molecule has 1 aromatic carbocycles. The molecule has 0 amide bonds. The smallest absolute Gasteiger partial charge is 0.265 e. The summed E-state index contributed by atoms with van der Waals surface area (Å²) in [7, 11) is 0. The van der Waals surface area contributed by atoms with E-state index in [-0.39, 0.29) is 23.6 Å². The Labute approximate surface area is 130 Å². The van der Waals surface area contributed by atoms with E-state index in [1.165, 1.54) is 16.5 Å². The van der Waals surface area contributed by atoms with Crippen molar-refractivity contribution in [3.63, 3.8) is 0 Å². The molecule has 3 aromatic rings. The number of nitrogens with one attached hydrogen (secondary N) is 1. The maximum absolute atomic E-state index is 13.8. The topological polar surface area (TPSA) is 75.8 Å². The van der Waals surface area contributed by atoms with Gasteiger partial charge in [-0.05, 0) is 30.7 Å². The Balaban J connectivity index is 2.24. The Kier molecular flexibility index (Phi) is 3.84. The van der Waals surface area contributed by atoms with Crippen LogP contribution in [0.3, 0.4) is 0 Å². The highest BCUT2D eigenvalue weighted by molar-refractivity contribution is 5.63. The Bertz CT molecular complexity index is 952. The van der Waals surface area contributed by atoms with Gasteiger partial charge in [-0.1, -0.05) is 23.4 Å². The lowest BCUT2D eigenvalue weighted by Crippen LogP contribution is -2.22. The number of aryl methyl sites for hydroxylation is 1. The average Bonchev–Trinajstić information content (AvgIpc) is 2.54. The fourth-order valence-corrected chi connectivity index (χ4v) is 2.34. The summed E-state index contributed by atoms with van der Waals surface area (Å²) in [4.78, 5) is 27.6. The van der Waals surface area contributed by atoms with Gasteiger partial charge in [0, 0.05) is 6.20 Å². The van der Waals surface area contributed by atoms with E-state index in [2.05, 4.69) is 15.5 Å². The molecule has 0 aliphatic heterocycles. The number of hydrogen-bond acceptors (Lipinski definition) is 5. The summed E-state index contributed by atoms with van der Waals surface area (Å²) < 4.78 is 15.2. The summed E-state index contributed by atoms with van der Waals surface area (Å²) in [5, 5.41) is 5.57. The molecule has 3 rings (SSSR count). The number of aromatic nitrogens is 2. The minimum Gasteiger partial charge on any atom is -0.337 e. The summed E-state index contributed by atoms with van der Waals surface area (Å²) in [5.41, 5.74) is 1.07. The molecule has 23 heavy (non-hydrogen) atoms. The lowest BCUT2D eigenvalue weighted by Gasteiger charge is -2.12. The van der Waals surface area contributed by atoms with Crippen molar-refractivity contribution < 1.29 is 4.39 Å². The van der Waals surface area contributed by atoms with Crippen molar-refractivity contribution in [3.8, 4) is 0 Å². The number of para-hydroxylation sites is 1. The van der Waals surface area contributed by atoms with E-state index in [1.54, 1.807) is 24.4 Å². The molecule has 0 aliphatic carbocycles. The van der Waals surface area contributed by atoms with E-state index >= 15 is 0 Å². The maximum Gasteiger partial charge on any atom is 0.265 e. The molecule has 0 bridgehead atoms. The zero-order chi connectivity index (χ0) is 16.4. The summed E-state index contributed by atoms with van der Waals surface area (Å²) >= 11 is 0. The summed E-state index contributed by atoms with van der Waals surface area (Å²) in [6.07, 6.45) is 1.57. The largest absolute Gasteiger partial charge is 0.337 e. The first-order chi connectivity index (χ1) is 11.1. The van der Waals surface area contributed by atoms with Crippen molar-refractivity contribution in [2.24, 2.45) is 5.18 Å². The predicted molar refractivity (Wildman–Crippen MR) is 85.4 cm³/mol. The number of nitroso groups, excluding NO2 is 1. The van der Waals surface area contributed by atoms with E-state index in [0.29, 0.717) is 5.65 Å². The molecule has 2 heterocycles. The van der Waals surface area contributed by atoms with E-state index in [4.69, 9.17) is 0 Å². The highest BCUT2D eigenvalue weighted by Crippen LogP contribution is 2.21. The van der Waals surface area contributed by atoms with E-state index < -0.39 is 11.4 Å². The zero-order valence-corrected chi connectivity index (χ0v) is 12.3. The number of benzene rings is 1. The number of hydrogen-bond donors (Lipinski definition) is 1. The molecule has 0 atom stereocenters. The highest BCUT2D eigenvalue weighted by atomic mass is 19.1. The lowest BCUT2D eigenvalue weighted by molar-refractivity contribution is 0.631. The van der Waals surface area contributed by atoms with Gasteiger partial charge in [-0.15, -0.1) is 0 Å². The van der Waals surface area contributed by atoms with Crippen LogP contribution in [0.4, 0.5) is 15.9 Å². The van der Waals surface area contributed by atoms with Crippen LogP contribution in [0.25, 0.3) is 5.65 Å². The van der Waals surface area contributed by atoms with Gasteiger partial charge in [0.25, 0.3) is 5.56 Å². The first-order valence-electron chi connectivity index (χ1n) is 6.93. The fourth-order valence-electron chi connectivity index (χ4n) is 2.34. The maximum atomic E-state index is 13.8. The van der Waals surface area contributed by atoms with Crippen molar-refractivity contribution in [2.75, 3.05) is 5.32 Å². The molecule has 0 unspecified atom stereocenters. The second kappa shape index (κ2) is 5.96. The van der Waals surface area contributed by atoms with Crippen LogP contribution in [0, 0.1) is 17.6 Å². The van der Waals surface area contributed by atoms with Crippen LogP contribution in [0.1, 0.15) is 11.1 Å². The van der Waals surface area contributed by atoms with Crippen molar-refractivity contribution in [2.45, 2.75) is 13.5 Å². The van der Waals surface area contributed by atoms with Crippen LogP contribution in [0.15, 0.2) is 52.6 Å². The number of pyridine rings is 1. The number of nitrogens with zero attached hydrogens (tertiary/aromatic N) is 3. The molecule has 116 valence electrons. The summed E-state index contributed by atoms with van der Waals surface area (Å²) in [5.74, 6) is -0.349. The Hall–Kier alpha value is -3.09. The number of fused-ring (bicyclic) bond motifs is 1. The van der Waals surface area contributed by atoms with Gasteiger partial charge >= 0.3 is 0 Å². The van der Waals surface area contributed by atoms with Crippen LogP contribution in [-0.4, -0.2) is 9.38 Å². The normalized spacial score (nSPS) is 10.7. The molecule has 0 radical (unpaired) electrons. The minimum atomic E-state index is -0.482. The predicted octanol–water partition coefficient (Wildman–Crippen LogP) is 3.15. The van der Waals surface area contributed by atoms with Crippen molar-refractivity contribution >= 4 is 17.2 Å². The van der Waals surface area contributed by atoms with Crippen molar-refractivity contribution in [1.29, 1.82) is 0 Å². The number of rotatable bonds is 4. The van der Waals surface area contributed by atoms with Crippen LogP contribution >= 0.6 is 0 Å². The molecule has 1 N–H and O–H groups in total. The highest BCUT2D eigenvalue weighted by Gasteiger charge is 2.15. The van der Waals surface area contributed by atoms with Crippen LogP contribution < -0.4 is 10.9 Å². The third-order valence-electron chi connectivity index (χ3n) is 3.49. The summed E-state index contributed by atoms with van der Waals surface area (Å²) in [6, 6.07) is 9.55. The third kappa shape index (κ3) is 2.68. The molecule has 0 saturated heterocycles. The molecule has 0 aliphatic rings. The first-order valence-corrected chi connectivity index (χ1v) is 6.93. The van der Waals surface area contributed by atoms with Gasteiger partial charge in [0.1, 0.15) is 23.8 Å². The van der Waals surface area contributed by atoms with Gasteiger partial charge in [-0.25, -0.2) is 9.37 Å². The van der Waals surface area contributed by atoms with Gasteiger partial charge in [0.2, 0.25) is 0 Å². The van der Waals surface area contributed by atoms with Crippen LogP contribution in [0.2, 0.25) is 0 Å². The standard InChI is InChI=1S/C16H13FN4O2/c1-10-5-4-8-21-15(10)20-14(11(9-18-23)16(21)22)19-13-7-3-2-6-12(13)17/h2-8,19H,9H2,1H3. The van der Waals surface area contributed by atoms with Gasteiger partial charge in [0.05, 0.1) is 11.3 Å². The Morgan fingerprint density at radius 2 is 2.04 bits per heavy atom. The van der Waals surface area contributed by atoms with Gasteiger partial charge in [-0.3, -0.25) is 9.20 Å². The number of anilines is 2. The SMILES string of the molecule is Cc1cccn2c(=O)c(CN=O)c(Nc3ccccc3F)nc12. The van der Waals surface area contributed by atoms with Crippen molar-refractivity contribution in [1.82, 2.24) is 9.38 Å². The molecule has 6 nitrogen and oxygen atoms in total. The lowest BCUT2D eigenvalue weighted by atomic mass is 10.2. The van der Waals surface area contributed by atoms with Crippen molar-refractivity contribution in [3.05, 3.63) is 74.8 Å². The van der Waals surface area contributed by atoms with E-state index in [0.717, 1.165) is 5.56 Å². The quantitative estimate of drug-likeness (QED) is 0.751. The molecule has 0 fully saturated rings. The molecule has 0 spiro atoms. The monoisotopic (exact) mass is 312 g/mol. The molecule has 7 heteroatoms. The molecular formula is C16H13FN4O2. The second-order valence-corrected chi connectivity index (χ2v) is 5.02. The second-order valence-electron chi connectivity index (χ2n) is 5.02. The van der Waals surface area contributed by atoms with Crippen LogP contribution in [-0.2, 0) is 6.54 Å². The first kappa shape index (κ1) is 14.8. The molecular weight excluding hydrogens is 299 g/mol. The van der Waals surface area contributed by atoms with Gasteiger partial charge in [0.15, 0.2) is 0 Å². The zero-order valence-electron chi connectivity index (χ0n) is 12.3. The Morgan fingerprint density at radius 1 is 1.26 bits per heavy atom. The third-order valence-corrected chi connectivity index (χ3v) is 3.49. The van der Waals surface area contributed by atoms with Crippen LogP contribution in [0.5, 0.6) is 0 Å². The molecule has 0 saturated carbocycles. The summed E-state index contributed by atoms with van der Waals surface area (Å²) in [6.45, 7) is 1.46. The van der Waals surface area contributed by atoms with E-state index in [9.17, 15) is 14.1 Å². The fraction of sp³-hybridized carbons (Fsp3) is 0.125. The average molecular weight is 312 g/mol. The minimum absolute atomic E-state index is 0.0892. The molecule has 2 aromatic heterocycles. The Morgan fingerprint density at radius 3 is 2.78 bits per heavy atom. The van der Waals surface area contributed by atoms with Gasteiger partial charge in [-0.2, -0.15) is 4.91 Å². The van der Waals surface area contributed by atoms with Gasteiger partial charge < -0.3 is 5.32 Å².